The van der Waals surface area contributed by atoms with Crippen molar-refractivity contribution in [3.05, 3.63) is 0 Å². The topological polar surface area (TPSA) is 49.4 Å². The van der Waals surface area contributed by atoms with E-state index in [0.29, 0.717) is 5.75 Å². The normalized spacial score (nSPS) is 21.9. The van der Waals surface area contributed by atoms with Crippen molar-refractivity contribution >= 4 is 16.7 Å². The second-order valence-corrected chi connectivity index (χ2v) is 6.39. The molecule has 17 heavy (non-hydrogen) atoms. The van der Waals surface area contributed by atoms with Gasteiger partial charge in [0.25, 0.3) is 0 Å². The number of hydrogen-bond acceptors (Lipinski definition) is 3. The summed E-state index contributed by atoms with van der Waals surface area (Å²) in [4.78, 5) is 14.0. The highest BCUT2D eigenvalue weighted by Crippen LogP contribution is 2.10. The molecule has 4 nitrogen and oxygen atoms in total. The van der Waals surface area contributed by atoms with Crippen molar-refractivity contribution in [2.24, 2.45) is 0 Å². The van der Waals surface area contributed by atoms with Crippen LogP contribution in [0.2, 0.25) is 0 Å². The number of carbonyl (C=O) groups is 1. The minimum atomic E-state index is -0.817. The summed E-state index contributed by atoms with van der Waals surface area (Å²) in [5, 5.41) is 3.22. The van der Waals surface area contributed by atoms with Gasteiger partial charge in [0.15, 0.2) is 0 Å². The predicted molar refractivity (Wildman–Crippen MR) is 71.4 cm³/mol. The molecule has 0 aromatic heterocycles. The van der Waals surface area contributed by atoms with Crippen LogP contribution in [0.5, 0.6) is 0 Å². The zero-order chi connectivity index (χ0) is 12.8. The van der Waals surface area contributed by atoms with Crippen LogP contribution in [0.25, 0.3) is 0 Å². The third-order valence-corrected chi connectivity index (χ3v) is 4.03. The monoisotopic (exact) mass is 260 g/mol. The van der Waals surface area contributed by atoms with E-state index in [-0.39, 0.29) is 18.0 Å². The number of nitrogens with one attached hydrogen (secondary N) is 1. The standard InChI is InChI=1S/C12H24N2O2S/c1-10(9-17(3)16)13-11(2)12(15)14-7-5-4-6-8-14/h10-11,13H,4-9H2,1-3H3. The number of nitrogens with zero attached hydrogens (tertiary/aromatic N) is 1. The zero-order valence-electron chi connectivity index (χ0n) is 11.1. The minimum absolute atomic E-state index is 0.115. The summed E-state index contributed by atoms with van der Waals surface area (Å²) in [6.07, 6.45) is 5.16. The highest BCUT2D eigenvalue weighted by atomic mass is 32.2. The van der Waals surface area contributed by atoms with E-state index in [9.17, 15) is 9.00 Å². The highest BCUT2D eigenvalue weighted by molar-refractivity contribution is 7.84. The van der Waals surface area contributed by atoms with Gasteiger partial charge in [0.1, 0.15) is 0 Å². The molecule has 0 bridgehead atoms. The molecule has 1 aliphatic heterocycles. The van der Waals surface area contributed by atoms with Crippen molar-refractivity contribution in [1.29, 1.82) is 0 Å². The lowest BCUT2D eigenvalue weighted by atomic mass is 10.1. The lowest BCUT2D eigenvalue weighted by Crippen LogP contribution is -2.50. The Morgan fingerprint density at radius 3 is 2.41 bits per heavy atom. The molecule has 0 aromatic carbocycles. The fourth-order valence-electron chi connectivity index (χ4n) is 2.29. The summed E-state index contributed by atoms with van der Waals surface area (Å²) in [6, 6.07) is -0.0591. The van der Waals surface area contributed by atoms with Crippen molar-refractivity contribution in [1.82, 2.24) is 10.2 Å². The Balaban J connectivity index is 2.37. The van der Waals surface area contributed by atoms with Crippen LogP contribution >= 0.6 is 0 Å². The number of amides is 1. The molecule has 100 valence electrons. The van der Waals surface area contributed by atoms with Crippen molar-refractivity contribution in [3.8, 4) is 0 Å². The molecule has 3 unspecified atom stereocenters. The summed E-state index contributed by atoms with van der Waals surface area (Å²) in [6.45, 7) is 5.64. The molecule has 0 radical (unpaired) electrons. The Morgan fingerprint density at radius 1 is 1.29 bits per heavy atom. The molecule has 1 saturated heterocycles. The number of piperidine rings is 1. The largest absolute Gasteiger partial charge is 0.341 e. The Bertz CT molecular complexity index is 278. The van der Waals surface area contributed by atoms with E-state index < -0.39 is 10.8 Å². The van der Waals surface area contributed by atoms with Gasteiger partial charge in [-0.15, -0.1) is 0 Å². The second-order valence-electron chi connectivity index (χ2n) is 4.92. The smallest absolute Gasteiger partial charge is 0.239 e. The van der Waals surface area contributed by atoms with Gasteiger partial charge in [-0.05, 0) is 33.1 Å². The highest BCUT2D eigenvalue weighted by Gasteiger charge is 2.23. The molecule has 1 fully saturated rings. The van der Waals surface area contributed by atoms with Crippen LogP contribution in [0.3, 0.4) is 0 Å². The molecule has 0 aromatic rings. The molecule has 0 aliphatic carbocycles. The summed E-state index contributed by atoms with van der Waals surface area (Å²) in [5.41, 5.74) is 0. The van der Waals surface area contributed by atoms with E-state index in [2.05, 4.69) is 5.32 Å². The van der Waals surface area contributed by atoms with Gasteiger partial charge < -0.3 is 10.2 Å². The maximum Gasteiger partial charge on any atom is 0.239 e. The van der Waals surface area contributed by atoms with Crippen LogP contribution in [0.4, 0.5) is 0 Å². The molecular weight excluding hydrogens is 236 g/mol. The maximum atomic E-state index is 12.1. The van der Waals surface area contributed by atoms with Gasteiger partial charge >= 0.3 is 0 Å². The predicted octanol–water partition coefficient (Wildman–Crippen LogP) is 0.744. The van der Waals surface area contributed by atoms with Gasteiger partial charge in [-0.2, -0.15) is 0 Å². The second kappa shape index (κ2) is 7.11. The van der Waals surface area contributed by atoms with E-state index in [1.54, 1.807) is 6.26 Å². The van der Waals surface area contributed by atoms with Crippen molar-refractivity contribution in [2.45, 2.75) is 45.2 Å². The van der Waals surface area contributed by atoms with Crippen LogP contribution < -0.4 is 5.32 Å². The van der Waals surface area contributed by atoms with E-state index in [1.165, 1.54) is 6.42 Å². The third kappa shape index (κ3) is 5.17. The quantitative estimate of drug-likeness (QED) is 0.793. The molecule has 0 spiro atoms. The number of rotatable bonds is 5. The summed E-state index contributed by atoms with van der Waals surface area (Å²) >= 11 is 0. The molecule has 1 heterocycles. The van der Waals surface area contributed by atoms with Crippen molar-refractivity contribution < 1.29 is 9.00 Å². The summed E-state index contributed by atoms with van der Waals surface area (Å²) < 4.78 is 11.1. The first-order valence-corrected chi connectivity index (χ1v) is 8.08. The van der Waals surface area contributed by atoms with Crippen molar-refractivity contribution in [3.63, 3.8) is 0 Å². The van der Waals surface area contributed by atoms with Gasteiger partial charge in [-0.3, -0.25) is 9.00 Å². The van der Waals surface area contributed by atoms with Crippen LogP contribution in [0, 0.1) is 0 Å². The fraction of sp³-hybridized carbons (Fsp3) is 0.917. The van der Waals surface area contributed by atoms with Gasteiger partial charge in [0, 0.05) is 41.9 Å². The average molecular weight is 260 g/mol. The molecule has 1 aliphatic rings. The Kier molecular flexibility index (Phi) is 6.12. The lowest BCUT2D eigenvalue weighted by Gasteiger charge is -2.30. The van der Waals surface area contributed by atoms with Gasteiger partial charge in [-0.25, -0.2) is 0 Å². The number of likely N-dealkylation sites (tertiary alicyclic amines) is 1. The van der Waals surface area contributed by atoms with Crippen LogP contribution in [0.15, 0.2) is 0 Å². The van der Waals surface area contributed by atoms with Gasteiger partial charge in [-0.1, -0.05) is 0 Å². The van der Waals surface area contributed by atoms with Crippen LogP contribution in [0.1, 0.15) is 33.1 Å². The zero-order valence-corrected chi connectivity index (χ0v) is 11.9. The summed E-state index contributed by atoms with van der Waals surface area (Å²) in [7, 11) is -0.817. The minimum Gasteiger partial charge on any atom is -0.341 e. The molecule has 3 atom stereocenters. The van der Waals surface area contributed by atoms with E-state index >= 15 is 0 Å². The lowest BCUT2D eigenvalue weighted by molar-refractivity contribution is -0.134. The summed E-state index contributed by atoms with van der Waals surface area (Å²) in [5.74, 6) is 0.774. The van der Waals surface area contributed by atoms with E-state index in [0.717, 1.165) is 25.9 Å². The average Bonchev–Trinajstić information content (AvgIpc) is 2.28. The van der Waals surface area contributed by atoms with E-state index in [1.807, 2.05) is 18.7 Å². The number of hydrogen-bond donors (Lipinski definition) is 1. The Labute approximate surface area is 107 Å². The van der Waals surface area contributed by atoms with Gasteiger partial charge in [0.05, 0.1) is 6.04 Å². The SMILES string of the molecule is CC(CS(C)=O)NC(C)C(=O)N1CCCCC1. The van der Waals surface area contributed by atoms with Gasteiger partial charge in [0.2, 0.25) is 5.91 Å². The molecule has 1 amide bonds. The first-order valence-electron chi connectivity index (χ1n) is 6.35. The van der Waals surface area contributed by atoms with Crippen molar-refractivity contribution in [2.75, 3.05) is 25.1 Å². The number of carbonyl (C=O) groups excluding carboxylic acids is 1. The first kappa shape index (κ1) is 14.6. The molecule has 5 heteroatoms. The molecular formula is C12H24N2O2S. The van der Waals surface area contributed by atoms with Crippen LogP contribution in [-0.4, -0.2) is 52.2 Å². The van der Waals surface area contributed by atoms with Crippen LogP contribution in [-0.2, 0) is 15.6 Å². The third-order valence-electron chi connectivity index (χ3n) is 3.06. The maximum absolute atomic E-state index is 12.1. The Hall–Kier alpha value is -0.420. The fourth-order valence-corrected chi connectivity index (χ4v) is 3.09. The first-order chi connectivity index (χ1) is 8.00. The molecule has 1 N–H and O–H groups in total. The van der Waals surface area contributed by atoms with E-state index in [4.69, 9.17) is 0 Å². The Morgan fingerprint density at radius 2 is 1.88 bits per heavy atom. The molecule has 1 rings (SSSR count). The molecule has 0 saturated carbocycles.